The highest BCUT2D eigenvalue weighted by molar-refractivity contribution is 7.08. The SMILES string of the molecule is O=C(Cc1ccsc1)NC[C@H](O)c1c(Cl)cccc1Cl. The minimum atomic E-state index is -0.928. The zero-order chi connectivity index (χ0) is 14.5. The highest BCUT2D eigenvalue weighted by Crippen LogP contribution is 2.29. The van der Waals surface area contributed by atoms with E-state index < -0.39 is 6.10 Å². The summed E-state index contributed by atoms with van der Waals surface area (Å²) in [6.45, 7) is 0.0758. The molecule has 1 heterocycles. The van der Waals surface area contributed by atoms with Gasteiger partial charge in [-0.25, -0.2) is 0 Å². The molecule has 2 rings (SSSR count). The van der Waals surface area contributed by atoms with Gasteiger partial charge in [0.1, 0.15) is 0 Å². The second-order valence-corrected chi connectivity index (χ2v) is 5.86. The molecule has 2 N–H and O–H groups in total. The fourth-order valence-electron chi connectivity index (χ4n) is 1.78. The molecule has 2 aromatic rings. The van der Waals surface area contributed by atoms with Crippen LogP contribution in [-0.2, 0) is 11.2 Å². The van der Waals surface area contributed by atoms with Crippen molar-refractivity contribution in [1.29, 1.82) is 0 Å². The largest absolute Gasteiger partial charge is 0.386 e. The lowest BCUT2D eigenvalue weighted by Crippen LogP contribution is -2.29. The first-order valence-corrected chi connectivity index (χ1v) is 7.67. The van der Waals surface area contributed by atoms with Gasteiger partial charge in [-0.1, -0.05) is 29.3 Å². The third-order valence-electron chi connectivity index (χ3n) is 2.77. The molecule has 20 heavy (non-hydrogen) atoms. The summed E-state index contributed by atoms with van der Waals surface area (Å²) in [5.41, 5.74) is 1.39. The van der Waals surface area contributed by atoms with Crippen molar-refractivity contribution in [3.05, 3.63) is 56.2 Å². The van der Waals surface area contributed by atoms with E-state index in [2.05, 4.69) is 5.32 Å². The van der Waals surface area contributed by atoms with Gasteiger partial charge in [0.25, 0.3) is 0 Å². The first kappa shape index (κ1) is 15.3. The van der Waals surface area contributed by atoms with Crippen molar-refractivity contribution in [1.82, 2.24) is 5.32 Å². The van der Waals surface area contributed by atoms with E-state index in [-0.39, 0.29) is 12.5 Å². The highest BCUT2D eigenvalue weighted by atomic mass is 35.5. The lowest BCUT2D eigenvalue weighted by atomic mass is 10.1. The van der Waals surface area contributed by atoms with Crippen molar-refractivity contribution < 1.29 is 9.90 Å². The van der Waals surface area contributed by atoms with Crippen molar-refractivity contribution in [2.45, 2.75) is 12.5 Å². The topological polar surface area (TPSA) is 49.3 Å². The van der Waals surface area contributed by atoms with Crippen molar-refractivity contribution in [3.63, 3.8) is 0 Å². The Bertz CT molecular complexity index is 567. The highest BCUT2D eigenvalue weighted by Gasteiger charge is 2.16. The van der Waals surface area contributed by atoms with E-state index in [1.54, 1.807) is 29.5 Å². The van der Waals surface area contributed by atoms with Crippen LogP contribution in [0.25, 0.3) is 0 Å². The predicted molar refractivity (Wildman–Crippen MR) is 82.5 cm³/mol. The molecule has 0 spiro atoms. The Morgan fingerprint density at radius 3 is 2.60 bits per heavy atom. The molecular weight excluding hydrogens is 317 g/mol. The molecule has 0 saturated carbocycles. The number of amides is 1. The Balaban J connectivity index is 1.92. The summed E-state index contributed by atoms with van der Waals surface area (Å²) in [7, 11) is 0. The molecule has 6 heteroatoms. The summed E-state index contributed by atoms with van der Waals surface area (Å²) in [5, 5.41) is 17.4. The van der Waals surface area contributed by atoms with Gasteiger partial charge in [-0.15, -0.1) is 0 Å². The molecule has 1 aromatic heterocycles. The van der Waals surface area contributed by atoms with Gasteiger partial charge >= 0.3 is 0 Å². The van der Waals surface area contributed by atoms with Crippen LogP contribution in [0.3, 0.4) is 0 Å². The molecular formula is C14H13Cl2NO2S. The Hall–Kier alpha value is -1.07. The number of hydrogen-bond acceptors (Lipinski definition) is 3. The van der Waals surface area contributed by atoms with Gasteiger partial charge in [-0.2, -0.15) is 11.3 Å². The molecule has 1 amide bonds. The van der Waals surface area contributed by atoms with Crippen molar-refractivity contribution in [2.75, 3.05) is 6.54 Å². The Labute approximate surface area is 131 Å². The average molecular weight is 330 g/mol. The van der Waals surface area contributed by atoms with Crippen LogP contribution in [0, 0.1) is 0 Å². The standard InChI is InChI=1S/C14H13Cl2NO2S/c15-10-2-1-3-11(16)14(10)12(18)7-17-13(19)6-9-4-5-20-8-9/h1-5,8,12,18H,6-7H2,(H,17,19)/t12-/m0/s1. The van der Waals surface area contributed by atoms with Crippen LogP contribution < -0.4 is 5.32 Å². The number of benzene rings is 1. The normalized spacial score (nSPS) is 12.2. The lowest BCUT2D eigenvalue weighted by Gasteiger charge is -2.15. The second-order valence-electron chi connectivity index (χ2n) is 4.26. The van der Waals surface area contributed by atoms with Crippen LogP contribution >= 0.6 is 34.5 Å². The molecule has 0 aliphatic carbocycles. The maximum atomic E-state index is 11.7. The Morgan fingerprint density at radius 2 is 2.00 bits per heavy atom. The predicted octanol–water partition coefficient (Wildman–Crippen LogP) is 3.45. The van der Waals surface area contributed by atoms with Crippen molar-refractivity contribution in [3.8, 4) is 0 Å². The molecule has 0 aliphatic rings. The summed E-state index contributed by atoms with van der Waals surface area (Å²) in [4.78, 5) is 11.7. The minimum Gasteiger partial charge on any atom is -0.386 e. The molecule has 0 bridgehead atoms. The molecule has 106 valence electrons. The van der Waals surface area contributed by atoms with Gasteiger partial charge in [0.2, 0.25) is 5.91 Å². The van der Waals surface area contributed by atoms with Crippen LogP contribution in [0.5, 0.6) is 0 Å². The van der Waals surface area contributed by atoms with Crippen LogP contribution in [-0.4, -0.2) is 17.6 Å². The van der Waals surface area contributed by atoms with E-state index in [9.17, 15) is 9.90 Å². The van der Waals surface area contributed by atoms with Gasteiger partial charge < -0.3 is 10.4 Å². The van der Waals surface area contributed by atoms with Gasteiger partial charge in [-0.3, -0.25) is 4.79 Å². The lowest BCUT2D eigenvalue weighted by molar-refractivity contribution is -0.120. The summed E-state index contributed by atoms with van der Waals surface area (Å²) in [5.74, 6) is -0.148. The van der Waals surface area contributed by atoms with Gasteiger partial charge in [0.15, 0.2) is 0 Å². The number of carbonyl (C=O) groups is 1. The van der Waals surface area contributed by atoms with E-state index in [0.717, 1.165) is 5.56 Å². The molecule has 0 unspecified atom stereocenters. The van der Waals surface area contributed by atoms with Crippen LogP contribution in [0.2, 0.25) is 10.0 Å². The number of aliphatic hydroxyl groups is 1. The number of hydrogen-bond donors (Lipinski definition) is 2. The van der Waals surface area contributed by atoms with Gasteiger partial charge in [0, 0.05) is 22.2 Å². The molecule has 0 aliphatic heterocycles. The monoisotopic (exact) mass is 329 g/mol. The van der Waals surface area contributed by atoms with Crippen molar-refractivity contribution >= 4 is 40.4 Å². The molecule has 0 saturated heterocycles. The van der Waals surface area contributed by atoms with E-state index in [1.807, 2.05) is 16.8 Å². The minimum absolute atomic E-state index is 0.0758. The van der Waals surface area contributed by atoms with Crippen molar-refractivity contribution in [2.24, 2.45) is 0 Å². The Kier molecular flexibility index (Phi) is 5.43. The number of carbonyl (C=O) groups excluding carboxylic acids is 1. The Morgan fingerprint density at radius 1 is 1.30 bits per heavy atom. The maximum Gasteiger partial charge on any atom is 0.224 e. The quantitative estimate of drug-likeness (QED) is 0.882. The van der Waals surface area contributed by atoms with Crippen LogP contribution in [0.15, 0.2) is 35.0 Å². The first-order valence-electron chi connectivity index (χ1n) is 5.97. The number of halogens is 2. The summed E-state index contributed by atoms with van der Waals surface area (Å²) in [6, 6.07) is 6.90. The summed E-state index contributed by atoms with van der Waals surface area (Å²) < 4.78 is 0. The fraction of sp³-hybridized carbons (Fsp3) is 0.214. The third kappa shape index (κ3) is 3.96. The summed E-state index contributed by atoms with van der Waals surface area (Å²) in [6.07, 6.45) is -0.630. The van der Waals surface area contributed by atoms with E-state index in [1.165, 1.54) is 0 Å². The maximum absolute atomic E-state index is 11.7. The number of rotatable bonds is 5. The van der Waals surface area contributed by atoms with Gasteiger partial charge in [0.05, 0.1) is 12.5 Å². The van der Waals surface area contributed by atoms with Crippen LogP contribution in [0.4, 0.5) is 0 Å². The second kappa shape index (κ2) is 7.09. The molecule has 1 aromatic carbocycles. The zero-order valence-electron chi connectivity index (χ0n) is 10.5. The van der Waals surface area contributed by atoms with Gasteiger partial charge in [-0.05, 0) is 34.5 Å². The van der Waals surface area contributed by atoms with Crippen LogP contribution in [0.1, 0.15) is 17.2 Å². The smallest absolute Gasteiger partial charge is 0.224 e. The number of nitrogens with one attached hydrogen (secondary N) is 1. The number of aliphatic hydroxyl groups excluding tert-OH is 1. The first-order chi connectivity index (χ1) is 9.58. The van der Waals surface area contributed by atoms with E-state index in [4.69, 9.17) is 23.2 Å². The molecule has 1 atom stereocenters. The molecule has 0 radical (unpaired) electrons. The zero-order valence-corrected chi connectivity index (χ0v) is 12.8. The fourth-order valence-corrected chi connectivity index (χ4v) is 3.10. The summed E-state index contributed by atoms with van der Waals surface area (Å²) >= 11 is 13.5. The van der Waals surface area contributed by atoms with E-state index in [0.29, 0.717) is 22.0 Å². The molecule has 0 fully saturated rings. The average Bonchev–Trinajstić information content (AvgIpc) is 2.89. The third-order valence-corrected chi connectivity index (χ3v) is 4.16. The molecule has 3 nitrogen and oxygen atoms in total. The number of thiophene rings is 1. The van der Waals surface area contributed by atoms with E-state index >= 15 is 0 Å².